The van der Waals surface area contributed by atoms with Gasteiger partial charge in [0.25, 0.3) is 5.91 Å². The Morgan fingerprint density at radius 1 is 0.926 bits per heavy atom. The van der Waals surface area contributed by atoms with Gasteiger partial charge in [-0.05, 0) is 59.4 Å². The molecule has 11 heteroatoms. The Morgan fingerprint density at radius 2 is 1.67 bits per heavy atom. The minimum Gasteiger partial charge on any atom is -0.506 e. The van der Waals surface area contributed by atoms with Crippen LogP contribution in [0.3, 0.4) is 0 Å². The Hall–Kier alpha value is -5.49. The van der Waals surface area contributed by atoms with Crippen LogP contribution in [-0.2, 0) is 12.0 Å². The molecule has 0 aliphatic carbocycles. The number of hydrogen-bond donors (Lipinski definition) is 5. The van der Waals surface area contributed by atoms with Crippen LogP contribution in [0.1, 0.15) is 59.8 Å². The van der Waals surface area contributed by atoms with Gasteiger partial charge < -0.3 is 35.4 Å². The molecule has 1 saturated heterocycles. The average molecular weight is 730 g/mol. The summed E-state index contributed by atoms with van der Waals surface area (Å²) in [6, 6.07) is 29.5. The molecule has 2 aliphatic rings. The van der Waals surface area contributed by atoms with Gasteiger partial charge >= 0.3 is 6.09 Å². The summed E-state index contributed by atoms with van der Waals surface area (Å²) in [5.41, 5.74) is 5.57. The third kappa shape index (κ3) is 7.61. The number of aliphatic hydroxyl groups excluding tert-OH is 1. The summed E-state index contributed by atoms with van der Waals surface area (Å²) in [5, 5.41) is 35.4. The molecule has 0 radical (unpaired) electrons. The third-order valence-electron chi connectivity index (χ3n) is 10.9. The summed E-state index contributed by atoms with van der Waals surface area (Å²) in [6.45, 7) is 8.44. The lowest BCUT2D eigenvalue weighted by Gasteiger charge is -2.42. The van der Waals surface area contributed by atoms with E-state index in [0.29, 0.717) is 66.7 Å². The second kappa shape index (κ2) is 15.5. The molecule has 5 N–H and O–H groups in total. The number of amides is 2. The zero-order chi connectivity index (χ0) is 38.0. The Morgan fingerprint density at radius 3 is 2.43 bits per heavy atom. The van der Waals surface area contributed by atoms with E-state index in [4.69, 9.17) is 0 Å². The number of benzene rings is 4. The number of nitrogens with one attached hydrogen (secondary N) is 2. The van der Waals surface area contributed by atoms with E-state index in [0.717, 1.165) is 35.3 Å². The maximum absolute atomic E-state index is 13.8. The van der Waals surface area contributed by atoms with Gasteiger partial charge in [-0.3, -0.25) is 14.5 Å². The maximum Gasteiger partial charge on any atom is 0.412 e. The second-order valence-electron chi connectivity index (χ2n) is 15.0. The number of aliphatic hydroxyl groups is 1. The average Bonchev–Trinajstić information content (AvgIpc) is 3.17. The van der Waals surface area contributed by atoms with Crippen LogP contribution in [0, 0.1) is 0 Å². The standard InChI is InChI=1S/C43H47N5O6/c1-43(2)27-47(23-22-46-20-18-30(19-21-46)48(42(53)54)36-11-7-6-10-31(36)29-8-4-3-5-9-29)41(52)34-13-12-28(24-35(34)43)25-44-26-38(50)32-14-16-37(49)40-33(32)15-17-39(51)45-40/h3-17,24,30,38,44,49-50H,18-23,25-27H2,1-2H3,(H,45,51)(H,53,54)/t38-/m0/s1. The van der Waals surface area contributed by atoms with Crippen LogP contribution in [-0.4, -0.2) is 87.4 Å². The van der Waals surface area contributed by atoms with Gasteiger partial charge in [-0.15, -0.1) is 0 Å². The Balaban J connectivity index is 0.946. The number of aromatic amines is 1. The van der Waals surface area contributed by atoms with E-state index in [1.165, 1.54) is 12.1 Å². The molecule has 3 heterocycles. The zero-order valence-electron chi connectivity index (χ0n) is 30.7. The molecule has 0 unspecified atom stereocenters. The van der Waals surface area contributed by atoms with Crippen molar-refractivity contribution < 1.29 is 24.9 Å². The summed E-state index contributed by atoms with van der Waals surface area (Å²) in [4.78, 5) is 46.6. The highest BCUT2D eigenvalue weighted by atomic mass is 16.4. The molecule has 0 saturated carbocycles. The summed E-state index contributed by atoms with van der Waals surface area (Å²) in [5.74, 6) is -0.0384. The normalized spacial score (nSPS) is 16.6. The fourth-order valence-electron chi connectivity index (χ4n) is 8.11. The molecular weight excluding hydrogens is 683 g/mol. The van der Waals surface area contributed by atoms with Crippen LogP contribution < -0.4 is 15.8 Å². The third-order valence-corrected chi connectivity index (χ3v) is 10.9. The van der Waals surface area contributed by atoms with Crippen LogP contribution in [0.5, 0.6) is 5.75 Å². The number of carbonyl (C=O) groups is 2. The monoisotopic (exact) mass is 729 g/mol. The number of phenols is 1. The van der Waals surface area contributed by atoms with Crippen molar-refractivity contribution in [3.8, 4) is 16.9 Å². The van der Waals surface area contributed by atoms with Gasteiger partial charge in [0, 0.05) is 79.8 Å². The SMILES string of the molecule is CC1(C)CN(CCN2CCC(N(C(=O)O)c3ccccc3-c3ccccc3)CC2)C(=O)c2ccc(CNC[C@H](O)c3ccc(O)c4[nH]c(=O)ccc34)cc21. The molecule has 54 heavy (non-hydrogen) atoms. The van der Waals surface area contributed by atoms with E-state index in [-0.39, 0.29) is 35.2 Å². The summed E-state index contributed by atoms with van der Waals surface area (Å²) in [7, 11) is 0. The number of fused-ring (bicyclic) bond motifs is 2. The predicted octanol–water partition coefficient (Wildman–Crippen LogP) is 6.11. The van der Waals surface area contributed by atoms with E-state index in [1.807, 2.05) is 71.6 Å². The van der Waals surface area contributed by atoms with E-state index in [9.17, 15) is 29.7 Å². The molecule has 4 aromatic carbocycles. The lowest BCUT2D eigenvalue weighted by Crippen LogP contribution is -2.51. The Kier molecular flexibility index (Phi) is 10.6. The molecule has 280 valence electrons. The summed E-state index contributed by atoms with van der Waals surface area (Å²) < 4.78 is 0. The van der Waals surface area contributed by atoms with Crippen molar-refractivity contribution in [1.82, 2.24) is 20.1 Å². The number of para-hydroxylation sites is 1. The van der Waals surface area contributed by atoms with Crippen LogP contribution >= 0.6 is 0 Å². The van der Waals surface area contributed by atoms with E-state index < -0.39 is 12.2 Å². The molecule has 5 aromatic rings. The Bertz CT molecular complexity index is 2210. The number of likely N-dealkylation sites (tertiary alicyclic amines) is 1. The molecule has 1 atom stereocenters. The number of nitrogens with zero attached hydrogens (tertiary/aromatic N) is 3. The lowest BCUT2D eigenvalue weighted by atomic mass is 9.77. The van der Waals surface area contributed by atoms with Crippen LogP contribution in [0.2, 0.25) is 0 Å². The second-order valence-corrected chi connectivity index (χ2v) is 15.0. The highest BCUT2D eigenvalue weighted by molar-refractivity contribution is 5.97. The Labute approximate surface area is 314 Å². The molecule has 11 nitrogen and oxygen atoms in total. The number of carbonyl (C=O) groups excluding carboxylic acids is 1. The van der Waals surface area contributed by atoms with Crippen molar-refractivity contribution >= 4 is 28.6 Å². The summed E-state index contributed by atoms with van der Waals surface area (Å²) in [6.07, 6.45) is -0.410. The predicted molar refractivity (Wildman–Crippen MR) is 210 cm³/mol. The number of aromatic nitrogens is 1. The number of aromatic hydroxyl groups is 1. The van der Waals surface area contributed by atoms with Crippen molar-refractivity contribution in [1.29, 1.82) is 0 Å². The van der Waals surface area contributed by atoms with E-state index >= 15 is 0 Å². The number of hydrogen-bond acceptors (Lipinski definition) is 7. The van der Waals surface area contributed by atoms with Gasteiger partial charge in [-0.25, -0.2) is 4.79 Å². The van der Waals surface area contributed by atoms with Gasteiger partial charge in [-0.1, -0.05) is 80.6 Å². The molecular formula is C43H47N5O6. The minimum atomic E-state index is -0.949. The smallest absolute Gasteiger partial charge is 0.412 e. The molecule has 0 bridgehead atoms. The van der Waals surface area contributed by atoms with Gasteiger partial charge in [0.1, 0.15) is 5.75 Å². The number of rotatable bonds is 11. The number of phenolic OH excluding ortho intramolecular Hbond substituents is 1. The number of pyridine rings is 1. The molecule has 2 amide bonds. The van der Waals surface area contributed by atoms with Gasteiger partial charge in [0.05, 0.1) is 17.3 Å². The van der Waals surface area contributed by atoms with Crippen molar-refractivity contribution in [3.05, 3.63) is 130 Å². The van der Waals surface area contributed by atoms with Crippen LogP contribution in [0.15, 0.2) is 102 Å². The highest BCUT2D eigenvalue weighted by Crippen LogP contribution is 2.36. The number of anilines is 1. The van der Waals surface area contributed by atoms with Gasteiger partial charge in [-0.2, -0.15) is 0 Å². The quantitative estimate of drug-likeness (QED) is 0.109. The molecule has 7 rings (SSSR count). The first-order valence-electron chi connectivity index (χ1n) is 18.6. The van der Waals surface area contributed by atoms with Crippen molar-refractivity contribution in [3.63, 3.8) is 0 Å². The largest absolute Gasteiger partial charge is 0.506 e. The maximum atomic E-state index is 13.8. The first-order chi connectivity index (χ1) is 26.0. The zero-order valence-corrected chi connectivity index (χ0v) is 30.7. The minimum absolute atomic E-state index is 0.0148. The van der Waals surface area contributed by atoms with E-state index in [1.54, 1.807) is 17.0 Å². The highest BCUT2D eigenvalue weighted by Gasteiger charge is 2.37. The molecule has 1 fully saturated rings. The first kappa shape index (κ1) is 36.9. The fourth-order valence-corrected chi connectivity index (χ4v) is 8.11. The van der Waals surface area contributed by atoms with Gasteiger partial charge in [0.2, 0.25) is 5.56 Å². The summed E-state index contributed by atoms with van der Waals surface area (Å²) >= 11 is 0. The lowest BCUT2D eigenvalue weighted by molar-refractivity contribution is 0.0654. The molecule has 0 spiro atoms. The van der Waals surface area contributed by atoms with Crippen molar-refractivity contribution in [2.24, 2.45) is 0 Å². The number of H-pyrrole nitrogens is 1. The fraction of sp³-hybridized carbons (Fsp3) is 0.326. The van der Waals surface area contributed by atoms with Crippen LogP contribution in [0.25, 0.3) is 22.0 Å². The molecule has 2 aliphatic heterocycles. The topological polar surface area (TPSA) is 149 Å². The van der Waals surface area contributed by atoms with Crippen LogP contribution in [0.4, 0.5) is 10.5 Å². The molecule has 1 aromatic heterocycles. The van der Waals surface area contributed by atoms with Gasteiger partial charge in [0.15, 0.2) is 0 Å². The van der Waals surface area contributed by atoms with Crippen molar-refractivity contribution in [2.75, 3.05) is 44.2 Å². The number of carboxylic acid groups (broad SMARTS) is 1. The van der Waals surface area contributed by atoms with Crippen molar-refractivity contribution in [2.45, 2.75) is 50.8 Å². The number of piperidine rings is 1. The van der Waals surface area contributed by atoms with E-state index in [2.05, 4.69) is 35.1 Å². The first-order valence-corrected chi connectivity index (χ1v) is 18.6.